The van der Waals surface area contributed by atoms with E-state index in [-0.39, 0.29) is 34.1 Å². The molecule has 0 saturated carbocycles. The van der Waals surface area contributed by atoms with Crippen molar-refractivity contribution in [1.82, 2.24) is 19.9 Å². The van der Waals surface area contributed by atoms with Gasteiger partial charge in [-0.05, 0) is 0 Å². The number of rotatable bonds is 0. The Hall–Kier alpha value is -0.541. The number of hydrogen-bond donors (Lipinski definition) is 1. The summed E-state index contributed by atoms with van der Waals surface area (Å²) in [5.74, 6) is 0. The van der Waals surface area contributed by atoms with Crippen LogP contribution >= 0.6 is 0 Å². The fraction of sp³-hybridized carbons (Fsp3) is 0. The van der Waals surface area contributed by atoms with Gasteiger partial charge in [0.1, 0.15) is 0 Å². The topological polar surface area (TPSA) is 55.7 Å². The van der Waals surface area contributed by atoms with Crippen molar-refractivity contribution in [3.8, 4) is 0 Å². The first kappa shape index (κ1) is 14.0. The third-order valence-corrected chi connectivity index (χ3v) is 0.778. The number of aromatic nitrogens is 4. The second-order valence-corrected chi connectivity index (χ2v) is 1.47. The third-order valence-electron chi connectivity index (χ3n) is 0.778. The Bertz CT molecular complexity index is 157. The molecule has 0 aliphatic heterocycles. The van der Waals surface area contributed by atoms with Gasteiger partial charge in [0.2, 0.25) is 0 Å². The molecular weight excluding hydrogens is 255 g/mol. The average Bonchev–Trinajstić information content (AvgIpc) is 2.67. The summed E-state index contributed by atoms with van der Waals surface area (Å²) >= 11 is 0. The van der Waals surface area contributed by atoms with Gasteiger partial charge in [0.05, 0.1) is 6.33 Å². The van der Waals surface area contributed by atoms with E-state index in [0.717, 1.165) is 0 Å². The normalized spacial score (nSPS) is 6.67. The quantitative estimate of drug-likeness (QED) is 0.701. The van der Waals surface area contributed by atoms with Crippen LogP contribution in [0.5, 0.6) is 0 Å². The van der Waals surface area contributed by atoms with Gasteiger partial charge in [0.25, 0.3) is 0 Å². The van der Waals surface area contributed by atoms with E-state index in [2.05, 4.69) is 19.9 Å². The molecule has 2 heterocycles. The molecule has 12 heavy (non-hydrogen) atoms. The van der Waals surface area contributed by atoms with Crippen LogP contribution < -0.4 is 4.98 Å². The van der Waals surface area contributed by atoms with Crippen LogP contribution in [0.3, 0.4) is 0 Å². The number of H-pyrrole nitrogens is 1. The summed E-state index contributed by atoms with van der Waals surface area (Å²) < 4.78 is 0. The Morgan fingerprint density at radius 3 is 2.08 bits per heavy atom. The summed E-state index contributed by atoms with van der Waals surface area (Å²) in [4.78, 5) is 13.6. The molecule has 0 spiro atoms. The van der Waals surface area contributed by atoms with Crippen LogP contribution in [0.25, 0.3) is 0 Å². The fourth-order valence-corrected chi connectivity index (χ4v) is 0.408. The largest absolute Gasteiger partial charge is 1.00 e. The number of imidazole rings is 2. The maximum Gasteiger partial charge on any atom is 1.00 e. The van der Waals surface area contributed by atoms with E-state index in [1.807, 2.05) is 0 Å². The summed E-state index contributed by atoms with van der Waals surface area (Å²) in [5, 5.41) is 0. The molecule has 2 aromatic rings. The molecule has 4 nitrogen and oxygen atoms in total. The SMILES string of the molecule is [Cu+].[Cu+].c1c[n-]cn1.c1c[nH]cn1. The molecule has 2 rings (SSSR count). The van der Waals surface area contributed by atoms with Gasteiger partial charge in [0.15, 0.2) is 0 Å². The second-order valence-electron chi connectivity index (χ2n) is 1.47. The smallest absolute Gasteiger partial charge is 0.450 e. The molecule has 0 aliphatic rings. The molecule has 1 N–H and O–H groups in total. The molecule has 0 atom stereocenters. The van der Waals surface area contributed by atoms with Crippen LogP contribution in [0.2, 0.25) is 0 Å². The molecule has 0 aromatic carbocycles. The van der Waals surface area contributed by atoms with Crippen LogP contribution in [0, 0.1) is 0 Å². The summed E-state index contributed by atoms with van der Waals surface area (Å²) in [6.07, 6.45) is 9.86. The van der Waals surface area contributed by atoms with E-state index < -0.39 is 0 Å². The molecule has 2 aromatic heterocycles. The minimum atomic E-state index is 0. The number of hydrogen-bond acceptors (Lipinski definition) is 2. The molecule has 6 heteroatoms. The van der Waals surface area contributed by atoms with Crippen molar-refractivity contribution in [3.05, 3.63) is 37.4 Å². The van der Waals surface area contributed by atoms with Crippen LogP contribution in [0.15, 0.2) is 37.4 Å². The first-order valence-electron chi connectivity index (χ1n) is 2.79. The number of nitrogens with one attached hydrogen (secondary N) is 1. The molecule has 0 saturated heterocycles. The number of aromatic amines is 1. The molecular formula is C6H7Cu2N4+. The predicted molar refractivity (Wildman–Crippen MR) is 36.1 cm³/mol. The van der Waals surface area contributed by atoms with Gasteiger partial charge in [-0.15, -0.1) is 0 Å². The molecule has 0 amide bonds. The van der Waals surface area contributed by atoms with Gasteiger partial charge >= 0.3 is 34.1 Å². The maximum absolute atomic E-state index is 3.67. The van der Waals surface area contributed by atoms with E-state index in [4.69, 9.17) is 0 Å². The van der Waals surface area contributed by atoms with Gasteiger partial charge in [-0.2, -0.15) is 0 Å². The van der Waals surface area contributed by atoms with Crippen molar-refractivity contribution in [2.45, 2.75) is 0 Å². The predicted octanol–water partition coefficient (Wildman–Crippen LogP) is 0.443. The third kappa shape index (κ3) is 7.56. The first-order chi connectivity index (χ1) is 5.00. The minimum Gasteiger partial charge on any atom is -0.450 e. The van der Waals surface area contributed by atoms with Gasteiger partial charge in [-0.1, -0.05) is 18.7 Å². The van der Waals surface area contributed by atoms with Crippen LogP contribution in [0.4, 0.5) is 0 Å². The Balaban J connectivity index is 0. The Kier molecular flexibility index (Phi) is 12.2. The summed E-state index contributed by atoms with van der Waals surface area (Å²) in [6, 6.07) is 0. The van der Waals surface area contributed by atoms with Crippen molar-refractivity contribution in [1.29, 1.82) is 0 Å². The molecule has 0 bridgehead atoms. The zero-order valence-electron chi connectivity index (χ0n) is 5.91. The van der Waals surface area contributed by atoms with Gasteiger partial charge in [-0.3, -0.25) is 0 Å². The van der Waals surface area contributed by atoms with E-state index in [1.54, 1.807) is 31.1 Å². The fourth-order valence-electron chi connectivity index (χ4n) is 0.408. The van der Waals surface area contributed by atoms with E-state index in [0.29, 0.717) is 0 Å². The Morgan fingerprint density at radius 1 is 1.08 bits per heavy atom. The standard InChI is InChI=1S/C3H4N2.C3H3N2.2Cu/c2*1-2-5-3-4-1;;/h1-3H,(H,4,5);1-3H;;/q;-1;2*+1. The summed E-state index contributed by atoms with van der Waals surface area (Å²) in [7, 11) is 0. The average molecular weight is 262 g/mol. The minimum absolute atomic E-state index is 0. The van der Waals surface area contributed by atoms with Crippen molar-refractivity contribution in [3.63, 3.8) is 0 Å². The van der Waals surface area contributed by atoms with Gasteiger partial charge < -0.3 is 15.0 Å². The summed E-state index contributed by atoms with van der Waals surface area (Å²) in [5.41, 5.74) is 0. The molecule has 72 valence electrons. The molecule has 0 radical (unpaired) electrons. The van der Waals surface area contributed by atoms with Crippen molar-refractivity contribution >= 4 is 0 Å². The number of nitrogens with zero attached hydrogens (tertiary/aromatic N) is 3. The van der Waals surface area contributed by atoms with E-state index in [1.165, 1.54) is 6.33 Å². The molecule has 0 unspecified atom stereocenters. The molecule has 0 fully saturated rings. The molecule has 0 aliphatic carbocycles. The van der Waals surface area contributed by atoms with Crippen molar-refractivity contribution in [2.75, 3.05) is 0 Å². The Morgan fingerprint density at radius 2 is 1.92 bits per heavy atom. The van der Waals surface area contributed by atoms with Crippen LogP contribution in [-0.2, 0) is 34.1 Å². The maximum atomic E-state index is 3.67. The zero-order chi connectivity index (χ0) is 7.07. The Labute approximate surface area is 91.5 Å². The van der Waals surface area contributed by atoms with E-state index in [9.17, 15) is 0 Å². The first-order valence-corrected chi connectivity index (χ1v) is 2.79. The van der Waals surface area contributed by atoms with Gasteiger partial charge in [0, 0.05) is 12.4 Å². The monoisotopic (exact) mass is 261 g/mol. The second kappa shape index (κ2) is 10.5. The van der Waals surface area contributed by atoms with Crippen LogP contribution in [-0.4, -0.2) is 15.0 Å². The van der Waals surface area contributed by atoms with Crippen molar-refractivity contribution < 1.29 is 34.1 Å². The van der Waals surface area contributed by atoms with E-state index >= 15 is 0 Å². The van der Waals surface area contributed by atoms with Crippen molar-refractivity contribution in [2.24, 2.45) is 0 Å². The zero-order valence-corrected chi connectivity index (χ0v) is 7.79. The van der Waals surface area contributed by atoms with Crippen LogP contribution in [0.1, 0.15) is 0 Å². The van der Waals surface area contributed by atoms with Gasteiger partial charge in [-0.25, -0.2) is 4.98 Å². The summed E-state index contributed by atoms with van der Waals surface area (Å²) in [6.45, 7) is 0.